The summed E-state index contributed by atoms with van der Waals surface area (Å²) < 4.78 is 5.94. The summed E-state index contributed by atoms with van der Waals surface area (Å²) in [5.74, 6) is 1.94. The van der Waals surface area contributed by atoms with Crippen molar-refractivity contribution in [3.05, 3.63) is 17.6 Å². The lowest BCUT2D eigenvalue weighted by Gasteiger charge is -2.23. The third-order valence-corrected chi connectivity index (χ3v) is 2.94. The fraction of sp³-hybridized carbons (Fsp3) is 0.692. The fourth-order valence-corrected chi connectivity index (χ4v) is 1.96. The lowest BCUT2D eigenvalue weighted by Crippen LogP contribution is -2.34. The van der Waals surface area contributed by atoms with Crippen LogP contribution in [0.15, 0.2) is 6.07 Å². The van der Waals surface area contributed by atoms with E-state index in [2.05, 4.69) is 29.1 Å². The predicted molar refractivity (Wildman–Crippen MR) is 67.4 cm³/mol. The van der Waals surface area contributed by atoms with Crippen LogP contribution in [-0.4, -0.2) is 29.2 Å². The van der Waals surface area contributed by atoms with E-state index in [1.807, 2.05) is 13.0 Å². The first-order valence-electron chi connectivity index (χ1n) is 6.38. The van der Waals surface area contributed by atoms with Crippen LogP contribution in [0.3, 0.4) is 0 Å². The van der Waals surface area contributed by atoms with Gasteiger partial charge in [-0.25, -0.2) is 4.98 Å². The second-order valence-corrected chi connectivity index (χ2v) is 4.93. The van der Waals surface area contributed by atoms with Crippen LogP contribution in [0.4, 0.5) is 0 Å². The molecule has 0 saturated carbocycles. The third kappa shape index (κ3) is 3.40. The van der Waals surface area contributed by atoms with Gasteiger partial charge < -0.3 is 10.1 Å². The Hall–Kier alpha value is -1.16. The zero-order valence-corrected chi connectivity index (χ0v) is 10.9. The third-order valence-electron chi connectivity index (χ3n) is 2.94. The maximum atomic E-state index is 5.94. The van der Waals surface area contributed by atoms with Crippen LogP contribution < -0.4 is 10.1 Å². The van der Waals surface area contributed by atoms with E-state index in [4.69, 9.17) is 4.74 Å². The van der Waals surface area contributed by atoms with Crippen LogP contribution in [0.5, 0.6) is 5.88 Å². The van der Waals surface area contributed by atoms with E-state index in [0.717, 1.165) is 43.3 Å². The highest BCUT2D eigenvalue weighted by Crippen LogP contribution is 2.18. The molecule has 94 valence electrons. The molecule has 0 amide bonds. The minimum atomic E-state index is 0.297. The summed E-state index contributed by atoms with van der Waals surface area (Å²) in [6.45, 7) is 8.26. The van der Waals surface area contributed by atoms with Gasteiger partial charge in [0.15, 0.2) is 0 Å². The SMILES string of the molecule is Cc1cc(OC2CCNCC2)nc(C(C)C)n1. The molecule has 17 heavy (non-hydrogen) atoms. The van der Waals surface area contributed by atoms with E-state index in [1.165, 1.54) is 0 Å². The first-order chi connectivity index (χ1) is 8.15. The van der Waals surface area contributed by atoms with Crippen molar-refractivity contribution in [3.63, 3.8) is 0 Å². The summed E-state index contributed by atoms with van der Waals surface area (Å²) in [5, 5.41) is 3.33. The zero-order valence-electron chi connectivity index (χ0n) is 10.9. The number of aromatic nitrogens is 2. The summed E-state index contributed by atoms with van der Waals surface area (Å²) in [7, 11) is 0. The molecule has 2 rings (SSSR count). The Bertz CT molecular complexity index is 373. The van der Waals surface area contributed by atoms with Gasteiger partial charge in [0.25, 0.3) is 0 Å². The van der Waals surface area contributed by atoms with E-state index in [-0.39, 0.29) is 0 Å². The molecule has 0 unspecified atom stereocenters. The minimum Gasteiger partial charge on any atom is -0.474 e. The quantitative estimate of drug-likeness (QED) is 0.871. The lowest BCUT2D eigenvalue weighted by molar-refractivity contribution is 0.155. The number of hydrogen-bond donors (Lipinski definition) is 1. The first-order valence-corrected chi connectivity index (χ1v) is 6.38. The van der Waals surface area contributed by atoms with Gasteiger partial charge in [-0.2, -0.15) is 4.98 Å². The molecule has 0 radical (unpaired) electrons. The van der Waals surface area contributed by atoms with Gasteiger partial charge >= 0.3 is 0 Å². The smallest absolute Gasteiger partial charge is 0.217 e. The molecule has 1 aliphatic heterocycles. The summed E-state index contributed by atoms with van der Waals surface area (Å²) in [6.07, 6.45) is 2.41. The Labute approximate surface area is 103 Å². The summed E-state index contributed by atoms with van der Waals surface area (Å²) in [6, 6.07) is 1.92. The Balaban J connectivity index is 2.09. The van der Waals surface area contributed by atoms with E-state index in [9.17, 15) is 0 Å². The van der Waals surface area contributed by atoms with E-state index in [0.29, 0.717) is 12.0 Å². The number of nitrogens with zero attached hydrogens (tertiary/aromatic N) is 2. The molecule has 1 saturated heterocycles. The van der Waals surface area contributed by atoms with Crippen molar-refractivity contribution in [1.82, 2.24) is 15.3 Å². The van der Waals surface area contributed by atoms with Gasteiger partial charge in [0.2, 0.25) is 5.88 Å². The molecular formula is C13H21N3O. The first kappa shape index (κ1) is 12.3. The van der Waals surface area contributed by atoms with Crippen LogP contribution in [0.2, 0.25) is 0 Å². The van der Waals surface area contributed by atoms with Gasteiger partial charge in [0.05, 0.1) is 0 Å². The number of ether oxygens (including phenoxy) is 1. The molecule has 4 heteroatoms. The van der Waals surface area contributed by atoms with E-state index < -0.39 is 0 Å². The molecule has 0 aromatic carbocycles. The molecule has 2 heterocycles. The molecule has 0 aliphatic carbocycles. The topological polar surface area (TPSA) is 47.0 Å². The van der Waals surface area contributed by atoms with Crippen LogP contribution in [0.1, 0.15) is 44.1 Å². The molecule has 4 nitrogen and oxygen atoms in total. The van der Waals surface area contributed by atoms with Gasteiger partial charge in [-0.3, -0.25) is 0 Å². The molecule has 0 atom stereocenters. The van der Waals surface area contributed by atoms with Gasteiger partial charge in [0, 0.05) is 17.7 Å². The van der Waals surface area contributed by atoms with Gasteiger partial charge in [-0.05, 0) is 32.9 Å². The molecule has 1 aromatic rings. The maximum Gasteiger partial charge on any atom is 0.217 e. The van der Waals surface area contributed by atoms with Crippen molar-refractivity contribution in [2.75, 3.05) is 13.1 Å². The number of nitrogens with one attached hydrogen (secondary N) is 1. The largest absolute Gasteiger partial charge is 0.474 e. The predicted octanol–water partition coefficient (Wildman–Crippen LogP) is 2.04. The zero-order chi connectivity index (χ0) is 12.3. The van der Waals surface area contributed by atoms with E-state index >= 15 is 0 Å². The van der Waals surface area contributed by atoms with Crippen LogP contribution in [0, 0.1) is 6.92 Å². The fourth-order valence-electron chi connectivity index (χ4n) is 1.96. The standard InChI is InChI=1S/C13H21N3O/c1-9(2)13-15-10(3)8-12(16-13)17-11-4-6-14-7-5-11/h8-9,11,14H,4-7H2,1-3H3. The van der Waals surface area contributed by atoms with Crippen molar-refractivity contribution in [3.8, 4) is 5.88 Å². The van der Waals surface area contributed by atoms with Crippen molar-refractivity contribution in [1.29, 1.82) is 0 Å². The highest BCUT2D eigenvalue weighted by molar-refractivity contribution is 5.17. The number of aryl methyl sites for hydroxylation is 1. The molecule has 1 fully saturated rings. The van der Waals surface area contributed by atoms with E-state index in [1.54, 1.807) is 0 Å². The Morgan fingerprint density at radius 3 is 2.65 bits per heavy atom. The Morgan fingerprint density at radius 2 is 2.00 bits per heavy atom. The normalized spacial score (nSPS) is 17.4. The van der Waals surface area contributed by atoms with Gasteiger partial charge in [-0.1, -0.05) is 13.8 Å². The molecular weight excluding hydrogens is 214 g/mol. The lowest BCUT2D eigenvalue weighted by atomic mass is 10.1. The summed E-state index contributed by atoms with van der Waals surface area (Å²) in [4.78, 5) is 8.90. The number of hydrogen-bond acceptors (Lipinski definition) is 4. The van der Waals surface area contributed by atoms with Crippen LogP contribution >= 0.6 is 0 Å². The number of rotatable bonds is 3. The number of piperidine rings is 1. The highest BCUT2D eigenvalue weighted by atomic mass is 16.5. The minimum absolute atomic E-state index is 0.297. The molecule has 1 aliphatic rings. The van der Waals surface area contributed by atoms with Crippen molar-refractivity contribution in [2.24, 2.45) is 0 Å². The van der Waals surface area contributed by atoms with Crippen molar-refractivity contribution < 1.29 is 4.74 Å². The molecule has 1 aromatic heterocycles. The molecule has 0 bridgehead atoms. The van der Waals surface area contributed by atoms with Gasteiger partial charge in [0.1, 0.15) is 11.9 Å². The highest BCUT2D eigenvalue weighted by Gasteiger charge is 2.16. The molecule has 1 N–H and O–H groups in total. The van der Waals surface area contributed by atoms with Crippen molar-refractivity contribution in [2.45, 2.75) is 45.6 Å². The maximum absolute atomic E-state index is 5.94. The molecule has 0 spiro atoms. The summed E-state index contributed by atoms with van der Waals surface area (Å²) in [5.41, 5.74) is 0.979. The second kappa shape index (κ2) is 5.45. The average molecular weight is 235 g/mol. The monoisotopic (exact) mass is 235 g/mol. The van der Waals surface area contributed by atoms with Crippen molar-refractivity contribution >= 4 is 0 Å². The van der Waals surface area contributed by atoms with Crippen LogP contribution in [-0.2, 0) is 0 Å². The van der Waals surface area contributed by atoms with Crippen LogP contribution in [0.25, 0.3) is 0 Å². The Morgan fingerprint density at radius 1 is 1.29 bits per heavy atom. The summed E-state index contributed by atoms with van der Waals surface area (Å²) >= 11 is 0. The Kier molecular flexibility index (Phi) is 3.94. The second-order valence-electron chi connectivity index (χ2n) is 4.93. The van der Waals surface area contributed by atoms with Gasteiger partial charge in [-0.15, -0.1) is 0 Å². The average Bonchev–Trinajstić information content (AvgIpc) is 2.29.